The molecule has 0 aliphatic carbocycles. The van der Waals surface area contributed by atoms with Gasteiger partial charge >= 0.3 is 6.36 Å². The van der Waals surface area contributed by atoms with Crippen LogP contribution in [0.15, 0.2) is 34.1 Å². The molecule has 38 heavy (non-hydrogen) atoms. The molecular weight excluding hydrogens is 537 g/mol. The highest BCUT2D eigenvalue weighted by atomic mass is 35.5. The Morgan fingerprint density at radius 3 is 2.61 bits per heavy atom. The van der Waals surface area contributed by atoms with Crippen LogP contribution in [0.1, 0.15) is 76.8 Å². The summed E-state index contributed by atoms with van der Waals surface area (Å²) >= 11 is 7.69. The van der Waals surface area contributed by atoms with Gasteiger partial charge < -0.3 is 10.1 Å². The van der Waals surface area contributed by atoms with Crippen LogP contribution in [0, 0.1) is 12.8 Å². The van der Waals surface area contributed by atoms with E-state index >= 15 is 0 Å². The van der Waals surface area contributed by atoms with E-state index in [9.17, 15) is 18.0 Å². The SMILES string of the molecule is CCCCCCC(CC)CNc1cnn(C2CCN(Sc3cc(C)ccc3OC(F)(F)F)CC2)c(=O)c1Cl. The fraction of sp³-hybridized carbons (Fsp3) is 0.630. The van der Waals surface area contributed by atoms with Crippen LogP contribution in [-0.4, -0.2) is 40.1 Å². The molecule has 1 N–H and O–H groups in total. The molecular formula is C27H38ClF3N4O2S. The average molecular weight is 575 g/mol. The Morgan fingerprint density at radius 1 is 1.21 bits per heavy atom. The first kappa shape index (κ1) is 30.6. The molecule has 1 fully saturated rings. The zero-order valence-electron chi connectivity index (χ0n) is 22.3. The first-order chi connectivity index (χ1) is 18.1. The third kappa shape index (κ3) is 9.09. The highest BCUT2D eigenvalue weighted by Crippen LogP contribution is 2.38. The third-order valence-electron chi connectivity index (χ3n) is 6.89. The lowest BCUT2D eigenvalue weighted by Gasteiger charge is -2.31. The van der Waals surface area contributed by atoms with Crippen LogP contribution < -0.4 is 15.6 Å². The van der Waals surface area contributed by atoms with Gasteiger partial charge in [-0.1, -0.05) is 63.6 Å². The van der Waals surface area contributed by atoms with Crippen molar-refractivity contribution in [3.05, 3.63) is 45.3 Å². The monoisotopic (exact) mass is 574 g/mol. The molecule has 0 radical (unpaired) electrons. The van der Waals surface area contributed by atoms with E-state index in [1.807, 2.05) is 11.2 Å². The first-order valence-electron chi connectivity index (χ1n) is 13.4. The number of anilines is 1. The van der Waals surface area contributed by atoms with E-state index in [1.165, 1.54) is 48.4 Å². The predicted octanol–water partition coefficient (Wildman–Crippen LogP) is 7.86. The summed E-state index contributed by atoms with van der Waals surface area (Å²) in [6.45, 7) is 8.12. The van der Waals surface area contributed by atoms with Gasteiger partial charge in [0.15, 0.2) is 0 Å². The Balaban J connectivity index is 1.57. The standard InChI is InChI=1S/C27H38ClF3N4O2S/c1-4-6-7-8-9-20(5-2)17-32-22-18-33-35(26(36)25(22)28)21-12-14-34(15-13-21)38-24-16-19(3)10-11-23(24)37-27(29,30)31/h10-11,16,18,20-21,32H,4-9,12-15,17H2,1-3H3. The Morgan fingerprint density at radius 2 is 1.95 bits per heavy atom. The molecule has 1 saturated heterocycles. The lowest BCUT2D eigenvalue weighted by Crippen LogP contribution is -2.36. The summed E-state index contributed by atoms with van der Waals surface area (Å²) in [5, 5.41) is 7.88. The number of hydrogen-bond acceptors (Lipinski definition) is 6. The molecule has 1 unspecified atom stereocenters. The van der Waals surface area contributed by atoms with Gasteiger partial charge in [0.25, 0.3) is 5.56 Å². The van der Waals surface area contributed by atoms with Crippen LogP contribution in [0.4, 0.5) is 18.9 Å². The lowest BCUT2D eigenvalue weighted by molar-refractivity contribution is -0.275. The molecule has 1 aliphatic rings. The number of unbranched alkanes of at least 4 members (excludes halogenated alkanes) is 3. The van der Waals surface area contributed by atoms with E-state index in [4.69, 9.17) is 11.6 Å². The van der Waals surface area contributed by atoms with Crippen LogP contribution >= 0.6 is 23.5 Å². The molecule has 0 amide bonds. The Labute approximate surface area is 232 Å². The fourth-order valence-corrected chi connectivity index (χ4v) is 5.92. The molecule has 11 heteroatoms. The number of piperidine rings is 1. The third-order valence-corrected chi connectivity index (χ3v) is 8.39. The summed E-state index contributed by atoms with van der Waals surface area (Å²) in [5.74, 6) is 0.303. The second-order valence-corrected chi connectivity index (χ2v) is 11.4. The second-order valence-electron chi connectivity index (χ2n) is 9.88. The van der Waals surface area contributed by atoms with Crippen LogP contribution in [-0.2, 0) is 0 Å². The molecule has 0 saturated carbocycles. The maximum Gasteiger partial charge on any atom is 0.573 e. The van der Waals surface area contributed by atoms with Crippen molar-refractivity contribution >= 4 is 29.2 Å². The van der Waals surface area contributed by atoms with Gasteiger partial charge in [-0.2, -0.15) is 5.10 Å². The van der Waals surface area contributed by atoms with E-state index in [0.29, 0.717) is 42.4 Å². The van der Waals surface area contributed by atoms with Crippen LogP contribution in [0.25, 0.3) is 0 Å². The van der Waals surface area contributed by atoms with Crippen molar-refractivity contribution in [1.82, 2.24) is 14.1 Å². The molecule has 6 nitrogen and oxygen atoms in total. The fourth-order valence-electron chi connectivity index (χ4n) is 4.61. The highest BCUT2D eigenvalue weighted by Gasteiger charge is 2.33. The van der Waals surface area contributed by atoms with Crippen molar-refractivity contribution in [2.45, 2.75) is 89.4 Å². The second kappa shape index (κ2) is 14.5. The largest absolute Gasteiger partial charge is 0.573 e. The normalized spacial score (nSPS) is 16.0. The Hall–Kier alpha value is -1.91. The van der Waals surface area contributed by atoms with Gasteiger partial charge in [-0.25, -0.2) is 8.99 Å². The number of aromatic nitrogens is 2. The molecule has 2 heterocycles. The number of nitrogens with zero attached hydrogens (tertiary/aromatic N) is 3. The lowest BCUT2D eigenvalue weighted by atomic mass is 9.98. The minimum Gasteiger partial charge on any atom is -0.405 e. The van der Waals surface area contributed by atoms with Crippen molar-refractivity contribution in [3.63, 3.8) is 0 Å². The molecule has 1 aromatic heterocycles. The summed E-state index contributed by atoms with van der Waals surface area (Å²) in [6, 6.07) is 4.49. The van der Waals surface area contributed by atoms with E-state index in [-0.39, 0.29) is 22.4 Å². The van der Waals surface area contributed by atoms with Gasteiger partial charge in [-0.15, -0.1) is 13.2 Å². The van der Waals surface area contributed by atoms with Crippen molar-refractivity contribution in [1.29, 1.82) is 0 Å². The number of benzene rings is 1. The van der Waals surface area contributed by atoms with Gasteiger partial charge in [0.1, 0.15) is 10.8 Å². The Bertz CT molecular complexity index is 1090. The smallest absolute Gasteiger partial charge is 0.405 e. The summed E-state index contributed by atoms with van der Waals surface area (Å²) < 4.78 is 46.1. The zero-order valence-corrected chi connectivity index (χ0v) is 23.9. The number of rotatable bonds is 13. The summed E-state index contributed by atoms with van der Waals surface area (Å²) in [5.41, 5.74) is 1.08. The van der Waals surface area contributed by atoms with E-state index in [2.05, 4.69) is 29.0 Å². The summed E-state index contributed by atoms with van der Waals surface area (Å²) in [6.07, 6.45) is 5.26. The number of alkyl halides is 3. The number of ether oxygens (including phenoxy) is 1. The van der Waals surface area contributed by atoms with Gasteiger partial charge in [0, 0.05) is 19.6 Å². The summed E-state index contributed by atoms with van der Waals surface area (Å²) in [4.78, 5) is 13.4. The van der Waals surface area contributed by atoms with Crippen LogP contribution in [0.2, 0.25) is 5.02 Å². The van der Waals surface area contributed by atoms with Gasteiger partial charge in [0.05, 0.1) is 22.8 Å². The van der Waals surface area contributed by atoms with Gasteiger partial charge in [-0.05, 0) is 61.7 Å². The van der Waals surface area contributed by atoms with Gasteiger partial charge in [0.2, 0.25) is 0 Å². The van der Waals surface area contributed by atoms with Crippen molar-refractivity contribution < 1.29 is 17.9 Å². The maximum atomic E-state index is 13.0. The quantitative estimate of drug-likeness (QED) is 0.194. The summed E-state index contributed by atoms with van der Waals surface area (Å²) in [7, 11) is 0. The predicted molar refractivity (Wildman–Crippen MR) is 148 cm³/mol. The van der Waals surface area contributed by atoms with E-state index in [0.717, 1.165) is 24.9 Å². The highest BCUT2D eigenvalue weighted by molar-refractivity contribution is 7.97. The number of aryl methyl sites for hydroxylation is 1. The molecule has 0 spiro atoms. The number of nitrogens with one attached hydrogen (secondary N) is 1. The first-order valence-corrected chi connectivity index (χ1v) is 14.6. The van der Waals surface area contributed by atoms with E-state index < -0.39 is 6.36 Å². The molecule has 0 bridgehead atoms. The van der Waals surface area contributed by atoms with E-state index in [1.54, 1.807) is 18.3 Å². The Kier molecular flexibility index (Phi) is 11.7. The molecule has 3 rings (SSSR count). The average Bonchev–Trinajstić information content (AvgIpc) is 2.87. The van der Waals surface area contributed by atoms with Crippen molar-refractivity contribution in [2.24, 2.45) is 5.92 Å². The minimum atomic E-state index is -4.75. The van der Waals surface area contributed by atoms with Crippen LogP contribution in [0.5, 0.6) is 5.75 Å². The molecule has 1 aromatic carbocycles. The minimum absolute atomic E-state index is 0.128. The molecule has 1 atom stereocenters. The van der Waals surface area contributed by atoms with Crippen molar-refractivity contribution in [3.8, 4) is 5.75 Å². The zero-order chi connectivity index (χ0) is 27.7. The number of hydrogen-bond donors (Lipinski definition) is 1. The molecule has 212 valence electrons. The maximum absolute atomic E-state index is 13.0. The number of halogens is 4. The molecule has 1 aliphatic heterocycles. The van der Waals surface area contributed by atoms with Crippen molar-refractivity contribution in [2.75, 3.05) is 25.0 Å². The van der Waals surface area contributed by atoms with Gasteiger partial charge in [-0.3, -0.25) is 4.79 Å². The van der Waals surface area contributed by atoms with Crippen LogP contribution in [0.3, 0.4) is 0 Å². The topological polar surface area (TPSA) is 59.4 Å². The molecule has 2 aromatic rings.